The number of benzene rings is 3. The van der Waals surface area contributed by atoms with E-state index in [1.165, 1.54) is 0 Å². The molecule has 1 atom stereocenters. The van der Waals surface area contributed by atoms with Crippen LogP contribution in [-0.4, -0.2) is 29.0 Å². The first-order valence-corrected chi connectivity index (χ1v) is 13.3. The number of pyridine rings is 1. The molecule has 0 bridgehead atoms. The molecule has 1 amide bonds. The minimum Gasteiger partial charge on any atom is -0.497 e. The maximum atomic E-state index is 13.0. The van der Waals surface area contributed by atoms with Crippen molar-refractivity contribution in [3.05, 3.63) is 108 Å². The van der Waals surface area contributed by atoms with Crippen LogP contribution < -0.4 is 14.8 Å². The summed E-state index contributed by atoms with van der Waals surface area (Å²) in [6.45, 7) is 4.60. The van der Waals surface area contributed by atoms with E-state index in [2.05, 4.69) is 28.0 Å². The van der Waals surface area contributed by atoms with Gasteiger partial charge in [-0.1, -0.05) is 42.5 Å². The molecule has 39 heavy (non-hydrogen) atoms. The van der Waals surface area contributed by atoms with Gasteiger partial charge in [-0.15, -0.1) is 0 Å². The Morgan fingerprint density at radius 1 is 0.897 bits per heavy atom. The minimum atomic E-state index is -0.0637. The number of aryl methyl sites for hydroxylation is 1. The molecule has 198 valence electrons. The third-order valence-corrected chi connectivity index (χ3v) is 6.83. The van der Waals surface area contributed by atoms with Crippen LogP contribution in [0.4, 0.5) is 0 Å². The van der Waals surface area contributed by atoms with Crippen molar-refractivity contribution in [1.29, 1.82) is 0 Å². The molecule has 0 saturated carbocycles. The van der Waals surface area contributed by atoms with Crippen molar-refractivity contribution < 1.29 is 14.3 Å². The average molecular weight is 520 g/mol. The Morgan fingerprint density at radius 3 is 2.41 bits per heavy atom. The maximum Gasteiger partial charge on any atom is 0.220 e. The number of carbonyl (C=O) groups is 1. The lowest BCUT2D eigenvalue weighted by atomic mass is 10.1. The van der Waals surface area contributed by atoms with E-state index >= 15 is 0 Å². The van der Waals surface area contributed by atoms with Crippen LogP contribution in [0.15, 0.2) is 97.2 Å². The van der Waals surface area contributed by atoms with Gasteiger partial charge in [0.1, 0.15) is 17.1 Å². The fourth-order valence-electron chi connectivity index (χ4n) is 4.79. The highest BCUT2D eigenvalue weighted by atomic mass is 16.5. The first-order chi connectivity index (χ1) is 19.1. The molecule has 0 aliphatic heterocycles. The molecule has 0 saturated heterocycles. The molecule has 0 aliphatic carbocycles. The van der Waals surface area contributed by atoms with Crippen molar-refractivity contribution in [2.24, 2.45) is 0 Å². The minimum absolute atomic E-state index is 0.00236. The predicted molar refractivity (Wildman–Crippen MR) is 155 cm³/mol. The smallest absolute Gasteiger partial charge is 0.220 e. The van der Waals surface area contributed by atoms with Crippen LogP contribution in [0.1, 0.15) is 37.6 Å². The number of hydrogen-bond acceptors (Lipinski definition) is 4. The summed E-state index contributed by atoms with van der Waals surface area (Å²) in [6, 6.07) is 30.0. The van der Waals surface area contributed by atoms with Gasteiger partial charge in [-0.2, -0.15) is 0 Å². The molecule has 6 nitrogen and oxygen atoms in total. The fraction of sp³-hybridized carbons (Fsp3) is 0.212. The molecule has 0 fully saturated rings. The molecular weight excluding hydrogens is 486 g/mol. The third kappa shape index (κ3) is 5.96. The molecule has 2 aromatic heterocycles. The summed E-state index contributed by atoms with van der Waals surface area (Å²) in [4.78, 5) is 18.0. The summed E-state index contributed by atoms with van der Waals surface area (Å²) in [5, 5.41) is 3.14. The summed E-state index contributed by atoms with van der Waals surface area (Å²) >= 11 is 0. The van der Waals surface area contributed by atoms with Crippen LogP contribution in [0.2, 0.25) is 0 Å². The van der Waals surface area contributed by atoms with E-state index in [9.17, 15) is 4.79 Å². The molecule has 0 aliphatic rings. The lowest BCUT2D eigenvalue weighted by Gasteiger charge is -2.14. The second kappa shape index (κ2) is 11.9. The number of rotatable bonds is 10. The largest absolute Gasteiger partial charge is 0.497 e. The van der Waals surface area contributed by atoms with Crippen molar-refractivity contribution in [2.45, 2.75) is 32.7 Å². The quantitative estimate of drug-likeness (QED) is 0.218. The van der Waals surface area contributed by atoms with Gasteiger partial charge in [0.15, 0.2) is 0 Å². The SMILES string of the molecule is CCOc1cccc(-c2ccc3nc(-c4ccc(OC)cc4)c(CCC(=O)N[C@H](C)c4ccccc4)n3c2)c1. The molecule has 2 heterocycles. The summed E-state index contributed by atoms with van der Waals surface area (Å²) in [7, 11) is 1.66. The van der Waals surface area contributed by atoms with E-state index in [4.69, 9.17) is 14.5 Å². The number of ether oxygens (including phenoxy) is 2. The number of nitrogens with one attached hydrogen (secondary N) is 1. The second-order valence-corrected chi connectivity index (χ2v) is 9.44. The van der Waals surface area contributed by atoms with E-state index in [1.807, 2.05) is 92.7 Å². The van der Waals surface area contributed by atoms with Gasteiger partial charge in [-0.3, -0.25) is 4.79 Å². The van der Waals surface area contributed by atoms with Crippen LogP contribution in [0.5, 0.6) is 11.5 Å². The molecule has 5 rings (SSSR count). The summed E-state index contributed by atoms with van der Waals surface area (Å²) < 4.78 is 13.2. The highest BCUT2D eigenvalue weighted by molar-refractivity contribution is 5.77. The van der Waals surface area contributed by atoms with Crippen molar-refractivity contribution >= 4 is 11.6 Å². The molecule has 1 N–H and O–H groups in total. The van der Waals surface area contributed by atoms with Crippen molar-refractivity contribution in [1.82, 2.24) is 14.7 Å². The maximum absolute atomic E-state index is 13.0. The molecule has 0 spiro atoms. The van der Waals surface area contributed by atoms with Crippen LogP contribution in [0.25, 0.3) is 28.0 Å². The fourth-order valence-corrected chi connectivity index (χ4v) is 4.79. The Bertz CT molecular complexity index is 1560. The predicted octanol–water partition coefficient (Wildman–Crippen LogP) is 6.89. The van der Waals surface area contributed by atoms with E-state index in [1.54, 1.807) is 7.11 Å². The number of methoxy groups -OCH3 is 1. The molecule has 3 aromatic carbocycles. The number of amides is 1. The van der Waals surface area contributed by atoms with Crippen molar-refractivity contribution in [3.8, 4) is 33.9 Å². The van der Waals surface area contributed by atoms with E-state index in [0.717, 1.165) is 50.8 Å². The van der Waals surface area contributed by atoms with Gasteiger partial charge in [0.2, 0.25) is 5.91 Å². The van der Waals surface area contributed by atoms with Gasteiger partial charge >= 0.3 is 0 Å². The van der Waals surface area contributed by atoms with Crippen molar-refractivity contribution in [3.63, 3.8) is 0 Å². The van der Waals surface area contributed by atoms with Crippen molar-refractivity contribution in [2.75, 3.05) is 13.7 Å². The van der Waals surface area contributed by atoms with Gasteiger partial charge in [-0.25, -0.2) is 4.98 Å². The Morgan fingerprint density at radius 2 is 1.67 bits per heavy atom. The first kappa shape index (κ1) is 26.0. The van der Waals surface area contributed by atoms with E-state index in [-0.39, 0.29) is 11.9 Å². The van der Waals surface area contributed by atoms with Gasteiger partial charge in [-0.05, 0) is 85.5 Å². The van der Waals surface area contributed by atoms with Crippen LogP contribution in [-0.2, 0) is 11.2 Å². The monoisotopic (exact) mass is 519 g/mol. The number of carbonyl (C=O) groups excluding carboxylic acids is 1. The standard InChI is InChI=1S/C33H33N3O3/c1-4-39-29-12-8-11-26(21-29)27-15-19-31-35-33(25-13-16-28(38-3)17-14-25)30(36(31)22-27)18-20-32(37)34-23(2)24-9-6-5-7-10-24/h5-17,19,21-23H,4,18,20H2,1-3H3,(H,34,37)/t23-/m1/s1. The lowest BCUT2D eigenvalue weighted by molar-refractivity contribution is -0.121. The second-order valence-electron chi connectivity index (χ2n) is 9.44. The number of aromatic nitrogens is 2. The van der Waals surface area contributed by atoms with E-state index < -0.39 is 0 Å². The molecule has 0 radical (unpaired) electrons. The Kier molecular flexibility index (Phi) is 7.92. The zero-order chi connectivity index (χ0) is 27.2. The number of hydrogen-bond donors (Lipinski definition) is 1. The number of fused-ring (bicyclic) bond motifs is 1. The molecule has 5 aromatic rings. The van der Waals surface area contributed by atoms with Crippen LogP contribution in [0, 0.1) is 0 Å². The van der Waals surface area contributed by atoms with Gasteiger partial charge in [0.05, 0.1) is 31.1 Å². The molecule has 0 unspecified atom stereocenters. The van der Waals surface area contributed by atoms with Crippen LogP contribution >= 0.6 is 0 Å². The molecule has 6 heteroatoms. The van der Waals surface area contributed by atoms with Crippen LogP contribution in [0.3, 0.4) is 0 Å². The van der Waals surface area contributed by atoms with Gasteiger partial charge in [0, 0.05) is 18.2 Å². The average Bonchev–Trinajstić information content (AvgIpc) is 3.34. The highest BCUT2D eigenvalue weighted by Crippen LogP contribution is 2.30. The third-order valence-electron chi connectivity index (χ3n) is 6.83. The topological polar surface area (TPSA) is 64.9 Å². The summed E-state index contributed by atoms with van der Waals surface area (Å²) in [5.74, 6) is 1.63. The normalized spacial score (nSPS) is 11.8. The number of nitrogens with zero attached hydrogens (tertiary/aromatic N) is 2. The van der Waals surface area contributed by atoms with Gasteiger partial charge < -0.3 is 19.2 Å². The zero-order valence-corrected chi connectivity index (χ0v) is 22.6. The Labute approximate surface area is 229 Å². The Balaban J connectivity index is 1.48. The van der Waals surface area contributed by atoms with E-state index in [0.29, 0.717) is 19.4 Å². The summed E-state index contributed by atoms with van der Waals surface area (Å²) in [6.07, 6.45) is 2.98. The number of imidazole rings is 1. The summed E-state index contributed by atoms with van der Waals surface area (Å²) in [5.41, 5.74) is 6.85. The highest BCUT2D eigenvalue weighted by Gasteiger charge is 2.17. The van der Waals surface area contributed by atoms with Gasteiger partial charge in [0.25, 0.3) is 0 Å². The first-order valence-electron chi connectivity index (χ1n) is 13.3. The zero-order valence-electron chi connectivity index (χ0n) is 22.6. The Hall–Kier alpha value is -4.58. The molecular formula is C33H33N3O3. The lowest BCUT2D eigenvalue weighted by Crippen LogP contribution is -2.26.